The third kappa shape index (κ3) is 2.77. The first kappa shape index (κ1) is 11.9. The molecule has 88 valence electrons. The number of rotatable bonds is 2. The van der Waals surface area contributed by atoms with E-state index in [4.69, 9.17) is 10.5 Å². The van der Waals surface area contributed by atoms with Gasteiger partial charge in [-0.25, -0.2) is 4.39 Å². The summed E-state index contributed by atoms with van der Waals surface area (Å²) in [5, 5.41) is 0. The summed E-state index contributed by atoms with van der Waals surface area (Å²) in [5.74, 6) is 0.587. The van der Waals surface area contributed by atoms with E-state index in [1.54, 1.807) is 18.2 Å². The van der Waals surface area contributed by atoms with E-state index in [0.717, 1.165) is 5.56 Å². The van der Waals surface area contributed by atoms with Gasteiger partial charge in [-0.05, 0) is 52.7 Å². The lowest BCUT2D eigenvalue weighted by Crippen LogP contribution is -1.93. The molecule has 0 atom stereocenters. The van der Waals surface area contributed by atoms with Gasteiger partial charge in [-0.2, -0.15) is 0 Å². The average molecular weight is 296 g/mol. The molecule has 4 heteroatoms. The molecule has 17 heavy (non-hydrogen) atoms. The molecule has 0 spiro atoms. The van der Waals surface area contributed by atoms with Gasteiger partial charge in [0, 0.05) is 6.07 Å². The van der Waals surface area contributed by atoms with Gasteiger partial charge in [0.25, 0.3) is 0 Å². The number of anilines is 1. The third-order valence-electron chi connectivity index (χ3n) is 2.29. The van der Waals surface area contributed by atoms with Crippen LogP contribution in [0, 0.1) is 12.7 Å². The summed E-state index contributed by atoms with van der Waals surface area (Å²) in [6, 6.07) is 10.1. The highest BCUT2D eigenvalue weighted by atomic mass is 79.9. The second-order valence-electron chi connectivity index (χ2n) is 3.72. The number of nitrogens with two attached hydrogens (primary N) is 1. The van der Waals surface area contributed by atoms with Gasteiger partial charge in [0.2, 0.25) is 0 Å². The molecule has 0 aliphatic rings. The predicted octanol–water partition coefficient (Wildman–Crippen LogP) is 4.27. The number of ether oxygens (including phenoxy) is 1. The molecule has 2 nitrogen and oxygen atoms in total. The van der Waals surface area contributed by atoms with Crippen LogP contribution in [0.1, 0.15) is 5.56 Å². The molecule has 2 N–H and O–H groups in total. The van der Waals surface area contributed by atoms with Crippen molar-refractivity contribution in [2.45, 2.75) is 6.92 Å². The average Bonchev–Trinajstić information content (AvgIpc) is 2.29. The summed E-state index contributed by atoms with van der Waals surface area (Å²) in [5.41, 5.74) is 7.34. The van der Waals surface area contributed by atoms with Crippen molar-refractivity contribution in [1.29, 1.82) is 0 Å². The maximum atomic E-state index is 13.3. The molecule has 0 aliphatic carbocycles. The van der Waals surface area contributed by atoms with Gasteiger partial charge in [-0.3, -0.25) is 0 Å². The molecule has 0 fully saturated rings. The van der Waals surface area contributed by atoms with E-state index in [-0.39, 0.29) is 5.82 Å². The first-order valence-corrected chi connectivity index (χ1v) is 5.84. The van der Waals surface area contributed by atoms with Crippen molar-refractivity contribution < 1.29 is 9.13 Å². The molecular formula is C13H11BrFNO. The van der Waals surface area contributed by atoms with Crippen LogP contribution in [-0.2, 0) is 0 Å². The molecule has 0 unspecified atom stereocenters. The molecule has 2 aromatic rings. The maximum Gasteiger partial charge on any atom is 0.150 e. The molecule has 2 aromatic carbocycles. The molecule has 2 rings (SSSR count). The van der Waals surface area contributed by atoms with Gasteiger partial charge >= 0.3 is 0 Å². The van der Waals surface area contributed by atoms with Crippen LogP contribution in [0.25, 0.3) is 0 Å². The van der Waals surface area contributed by atoms with E-state index in [1.807, 2.05) is 19.1 Å². The number of aryl methyl sites for hydroxylation is 1. The van der Waals surface area contributed by atoms with Gasteiger partial charge in [-0.1, -0.05) is 6.07 Å². The zero-order valence-electron chi connectivity index (χ0n) is 9.21. The van der Waals surface area contributed by atoms with Crippen LogP contribution < -0.4 is 10.5 Å². The number of halogens is 2. The van der Waals surface area contributed by atoms with Crippen LogP contribution in [-0.4, -0.2) is 0 Å². The first-order valence-electron chi connectivity index (χ1n) is 5.05. The van der Waals surface area contributed by atoms with Crippen LogP contribution in [0.3, 0.4) is 0 Å². The second kappa shape index (κ2) is 4.75. The molecule has 0 radical (unpaired) electrons. The Labute approximate surface area is 107 Å². The summed E-state index contributed by atoms with van der Waals surface area (Å²) < 4.78 is 19.2. The van der Waals surface area contributed by atoms with E-state index in [1.165, 1.54) is 6.07 Å². The van der Waals surface area contributed by atoms with Crippen LogP contribution in [0.5, 0.6) is 11.5 Å². The van der Waals surface area contributed by atoms with Crippen molar-refractivity contribution >= 4 is 21.6 Å². The smallest absolute Gasteiger partial charge is 0.150 e. The minimum Gasteiger partial charge on any atom is -0.455 e. The van der Waals surface area contributed by atoms with Crippen molar-refractivity contribution in [2.75, 3.05) is 5.73 Å². The number of benzene rings is 2. The Bertz CT molecular complexity index is 557. The minimum absolute atomic E-state index is 0.367. The van der Waals surface area contributed by atoms with Crippen molar-refractivity contribution in [3.8, 4) is 11.5 Å². The normalized spacial score (nSPS) is 10.3. The SMILES string of the molecule is Cc1ccc(N)c(Oc2ccc(Br)c(F)c2)c1. The topological polar surface area (TPSA) is 35.2 Å². The van der Waals surface area contributed by atoms with Gasteiger partial charge in [0.15, 0.2) is 5.75 Å². The fraction of sp³-hybridized carbons (Fsp3) is 0.0769. The molecule has 0 saturated heterocycles. The highest BCUT2D eigenvalue weighted by Crippen LogP contribution is 2.30. The Morgan fingerprint density at radius 2 is 1.94 bits per heavy atom. The van der Waals surface area contributed by atoms with Crippen LogP contribution in [0.2, 0.25) is 0 Å². The van der Waals surface area contributed by atoms with Gasteiger partial charge in [0.05, 0.1) is 10.2 Å². The van der Waals surface area contributed by atoms with Gasteiger partial charge in [-0.15, -0.1) is 0 Å². The van der Waals surface area contributed by atoms with Crippen molar-refractivity contribution in [1.82, 2.24) is 0 Å². The van der Waals surface area contributed by atoms with Crippen molar-refractivity contribution in [3.63, 3.8) is 0 Å². The van der Waals surface area contributed by atoms with Gasteiger partial charge in [0.1, 0.15) is 11.6 Å². The molecule has 0 aromatic heterocycles. The monoisotopic (exact) mass is 295 g/mol. The lowest BCUT2D eigenvalue weighted by molar-refractivity contribution is 0.478. The summed E-state index contributed by atoms with van der Waals surface area (Å²) in [6.45, 7) is 1.94. The Morgan fingerprint density at radius 1 is 1.18 bits per heavy atom. The maximum absolute atomic E-state index is 13.3. The lowest BCUT2D eigenvalue weighted by atomic mass is 10.2. The van der Waals surface area contributed by atoms with Crippen molar-refractivity contribution in [3.05, 3.63) is 52.3 Å². The predicted molar refractivity (Wildman–Crippen MR) is 69.8 cm³/mol. The van der Waals surface area contributed by atoms with E-state index >= 15 is 0 Å². The summed E-state index contributed by atoms with van der Waals surface area (Å²) in [4.78, 5) is 0. The standard InChI is InChI=1S/C13H11BrFNO/c1-8-2-5-12(16)13(6-8)17-9-3-4-10(14)11(15)7-9/h2-7H,16H2,1H3. The van der Waals surface area contributed by atoms with E-state index < -0.39 is 0 Å². The summed E-state index contributed by atoms with van der Waals surface area (Å²) in [6.07, 6.45) is 0. The first-order chi connectivity index (χ1) is 8.06. The van der Waals surface area contributed by atoms with E-state index in [9.17, 15) is 4.39 Å². The number of hydrogen-bond acceptors (Lipinski definition) is 2. The van der Waals surface area contributed by atoms with E-state index in [2.05, 4.69) is 15.9 Å². The van der Waals surface area contributed by atoms with Crippen molar-refractivity contribution in [2.24, 2.45) is 0 Å². The fourth-order valence-corrected chi connectivity index (χ4v) is 1.64. The molecule has 0 heterocycles. The highest BCUT2D eigenvalue weighted by Gasteiger charge is 2.05. The van der Waals surface area contributed by atoms with Crippen LogP contribution >= 0.6 is 15.9 Å². The highest BCUT2D eigenvalue weighted by molar-refractivity contribution is 9.10. The Hall–Kier alpha value is -1.55. The van der Waals surface area contributed by atoms with Gasteiger partial charge < -0.3 is 10.5 Å². The number of hydrogen-bond donors (Lipinski definition) is 1. The lowest BCUT2D eigenvalue weighted by Gasteiger charge is -2.09. The van der Waals surface area contributed by atoms with Crippen LogP contribution in [0.15, 0.2) is 40.9 Å². The zero-order valence-corrected chi connectivity index (χ0v) is 10.8. The minimum atomic E-state index is -0.367. The Kier molecular flexibility index (Phi) is 3.33. The molecule has 0 amide bonds. The van der Waals surface area contributed by atoms with E-state index in [0.29, 0.717) is 21.7 Å². The molecular weight excluding hydrogens is 285 g/mol. The summed E-state index contributed by atoms with van der Waals surface area (Å²) in [7, 11) is 0. The Balaban J connectivity index is 2.31. The molecule has 0 bridgehead atoms. The zero-order chi connectivity index (χ0) is 12.4. The molecule has 0 saturated carbocycles. The summed E-state index contributed by atoms with van der Waals surface area (Å²) >= 11 is 3.09. The Morgan fingerprint density at radius 3 is 2.65 bits per heavy atom. The number of nitrogen functional groups attached to an aromatic ring is 1. The third-order valence-corrected chi connectivity index (χ3v) is 2.93. The van der Waals surface area contributed by atoms with Crippen LogP contribution in [0.4, 0.5) is 10.1 Å². The molecule has 0 aliphatic heterocycles. The largest absolute Gasteiger partial charge is 0.455 e. The quantitative estimate of drug-likeness (QED) is 0.840. The fourth-order valence-electron chi connectivity index (χ4n) is 1.40. The second-order valence-corrected chi connectivity index (χ2v) is 4.57.